The summed E-state index contributed by atoms with van der Waals surface area (Å²) < 4.78 is 0. The maximum Gasteiger partial charge on any atom is -0.0257 e. The van der Waals surface area contributed by atoms with Crippen LogP contribution in [0.1, 0.15) is 64.7 Å². The van der Waals surface area contributed by atoms with Crippen LogP contribution in [-0.4, -0.2) is 0 Å². The Morgan fingerprint density at radius 1 is 1.00 bits per heavy atom. The van der Waals surface area contributed by atoms with Crippen LogP contribution < -0.4 is 0 Å². The molecule has 0 bridgehead atoms. The average Bonchev–Trinajstić information content (AvgIpc) is 2.31. The molecule has 0 saturated heterocycles. The van der Waals surface area contributed by atoms with Gasteiger partial charge in [0.1, 0.15) is 0 Å². The molecule has 1 spiro atoms. The summed E-state index contributed by atoms with van der Waals surface area (Å²) in [6.45, 7) is 2.33. The second-order valence-corrected chi connectivity index (χ2v) is 5.18. The molecule has 0 atom stereocenters. The Morgan fingerprint density at radius 3 is 2.31 bits per heavy atom. The van der Waals surface area contributed by atoms with E-state index in [0.717, 1.165) is 5.41 Å². The standard InChI is InChI=1S/C13H22/c1-12-7-6-10-13(11-12)8-4-2-3-5-9-13/h7H,2-6,8-11H2,1H3. The third kappa shape index (κ3) is 2.15. The summed E-state index contributed by atoms with van der Waals surface area (Å²) in [6, 6.07) is 0. The smallest absolute Gasteiger partial charge is 0.0257 e. The number of hydrogen-bond donors (Lipinski definition) is 0. The molecule has 0 heterocycles. The van der Waals surface area contributed by atoms with Crippen molar-refractivity contribution in [2.24, 2.45) is 5.41 Å². The van der Waals surface area contributed by atoms with E-state index in [4.69, 9.17) is 0 Å². The molecule has 13 heavy (non-hydrogen) atoms. The van der Waals surface area contributed by atoms with Crippen molar-refractivity contribution < 1.29 is 0 Å². The summed E-state index contributed by atoms with van der Waals surface area (Å²) in [4.78, 5) is 0. The molecule has 0 amide bonds. The third-order valence-corrected chi connectivity index (χ3v) is 3.99. The molecule has 2 aliphatic rings. The van der Waals surface area contributed by atoms with E-state index >= 15 is 0 Å². The molecular formula is C13H22. The highest BCUT2D eigenvalue weighted by atomic mass is 14.4. The molecule has 2 rings (SSSR count). The normalized spacial score (nSPS) is 28.2. The van der Waals surface area contributed by atoms with Crippen molar-refractivity contribution in [2.75, 3.05) is 0 Å². The minimum absolute atomic E-state index is 0.745. The van der Waals surface area contributed by atoms with Gasteiger partial charge in [0.25, 0.3) is 0 Å². The van der Waals surface area contributed by atoms with Crippen LogP contribution in [0.15, 0.2) is 11.6 Å². The second-order valence-electron chi connectivity index (χ2n) is 5.18. The highest BCUT2D eigenvalue weighted by Crippen LogP contribution is 2.46. The van der Waals surface area contributed by atoms with Crippen LogP contribution in [-0.2, 0) is 0 Å². The summed E-state index contributed by atoms with van der Waals surface area (Å²) >= 11 is 0. The molecule has 0 radical (unpaired) electrons. The van der Waals surface area contributed by atoms with Crippen molar-refractivity contribution in [3.8, 4) is 0 Å². The Hall–Kier alpha value is -0.260. The number of hydrogen-bond acceptors (Lipinski definition) is 0. The molecule has 0 nitrogen and oxygen atoms in total. The highest BCUT2D eigenvalue weighted by molar-refractivity contribution is 5.08. The molecule has 0 unspecified atom stereocenters. The Morgan fingerprint density at radius 2 is 1.69 bits per heavy atom. The number of allylic oxidation sites excluding steroid dienone is 2. The molecule has 1 fully saturated rings. The van der Waals surface area contributed by atoms with Gasteiger partial charge in [-0.25, -0.2) is 0 Å². The SMILES string of the molecule is CC1=CCCC2(CCCCCC2)C1. The van der Waals surface area contributed by atoms with E-state index in [2.05, 4.69) is 13.0 Å². The van der Waals surface area contributed by atoms with Crippen molar-refractivity contribution in [2.45, 2.75) is 64.7 Å². The Bertz CT molecular complexity index is 192. The monoisotopic (exact) mass is 178 g/mol. The van der Waals surface area contributed by atoms with Crippen LogP contribution in [0.25, 0.3) is 0 Å². The van der Waals surface area contributed by atoms with Gasteiger partial charge in [-0.05, 0) is 44.4 Å². The molecule has 74 valence electrons. The topological polar surface area (TPSA) is 0 Å². The first kappa shape index (κ1) is 9.30. The van der Waals surface area contributed by atoms with Crippen LogP contribution in [0.5, 0.6) is 0 Å². The van der Waals surface area contributed by atoms with Crippen molar-refractivity contribution in [3.05, 3.63) is 11.6 Å². The fourth-order valence-corrected chi connectivity index (χ4v) is 3.28. The zero-order chi connectivity index (χ0) is 9.15. The molecule has 0 aromatic rings. The van der Waals surface area contributed by atoms with Gasteiger partial charge in [0.05, 0.1) is 0 Å². The summed E-state index contributed by atoms with van der Waals surface area (Å²) in [5, 5.41) is 0. The van der Waals surface area contributed by atoms with Gasteiger partial charge in [0.15, 0.2) is 0 Å². The zero-order valence-corrected chi connectivity index (χ0v) is 8.94. The van der Waals surface area contributed by atoms with Gasteiger partial charge in [0.2, 0.25) is 0 Å². The van der Waals surface area contributed by atoms with Crippen LogP contribution >= 0.6 is 0 Å². The predicted molar refractivity (Wildman–Crippen MR) is 57.7 cm³/mol. The molecule has 0 aromatic heterocycles. The minimum Gasteiger partial charge on any atom is -0.0856 e. The first-order valence-electron chi connectivity index (χ1n) is 5.96. The van der Waals surface area contributed by atoms with Gasteiger partial charge >= 0.3 is 0 Å². The average molecular weight is 178 g/mol. The van der Waals surface area contributed by atoms with E-state index in [0.29, 0.717) is 0 Å². The fourth-order valence-electron chi connectivity index (χ4n) is 3.28. The van der Waals surface area contributed by atoms with Crippen molar-refractivity contribution in [1.82, 2.24) is 0 Å². The fraction of sp³-hybridized carbons (Fsp3) is 0.846. The Kier molecular flexibility index (Phi) is 2.76. The van der Waals surface area contributed by atoms with Crippen molar-refractivity contribution >= 4 is 0 Å². The van der Waals surface area contributed by atoms with Crippen LogP contribution in [0.2, 0.25) is 0 Å². The lowest BCUT2D eigenvalue weighted by atomic mass is 9.69. The molecule has 2 aliphatic carbocycles. The molecule has 1 saturated carbocycles. The largest absolute Gasteiger partial charge is 0.0856 e. The van der Waals surface area contributed by atoms with E-state index in [1.807, 2.05) is 0 Å². The Balaban J connectivity index is 2.05. The van der Waals surface area contributed by atoms with Gasteiger partial charge in [-0.2, -0.15) is 0 Å². The summed E-state index contributed by atoms with van der Waals surface area (Å²) in [5.41, 5.74) is 2.41. The van der Waals surface area contributed by atoms with Crippen LogP contribution in [0.3, 0.4) is 0 Å². The van der Waals surface area contributed by atoms with Crippen LogP contribution in [0, 0.1) is 5.41 Å². The van der Waals surface area contributed by atoms with Gasteiger partial charge in [-0.15, -0.1) is 0 Å². The predicted octanol–water partition coefficient (Wildman–Crippen LogP) is 4.46. The molecule has 0 heteroatoms. The summed E-state index contributed by atoms with van der Waals surface area (Å²) in [7, 11) is 0. The molecule has 0 N–H and O–H groups in total. The van der Waals surface area contributed by atoms with E-state index in [1.54, 1.807) is 5.57 Å². The lowest BCUT2D eigenvalue weighted by molar-refractivity contribution is 0.212. The first-order chi connectivity index (χ1) is 6.31. The van der Waals surface area contributed by atoms with Crippen molar-refractivity contribution in [3.63, 3.8) is 0 Å². The molecular weight excluding hydrogens is 156 g/mol. The lowest BCUT2D eigenvalue weighted by Crippen LogP contribution is -2.22. The van der Waals surface area contributed by atoms with E-state index in [9.17, 15) is 0 Å². The van der Waals surface area contributed by atoms with Gasteiger partial charge in [-0.1, -0.05) is 37.3 Å². The maximum absolute atomic E-state index is 2.45. The van der Waals surface area contributed by atoms with E-state index in [-0.39, 0.29) is 0 Å². The maximum atomic E-state index is 2.45. The molecule has 0 aliphatic heterocycles. The van der Waals surface area contributed by atoms with Gasteiger partial charge in [-0.3, -0.25) is 0 Å². The lowest BCUT2D eigenvalue weighted by Gasteiger charge is -2.36. The quantitative estimate of drug-likeness (QED) is 0.480. The first-order valence-corrected chi connectivity index (χ1v) is 5.96. The third-order valence-electron chi connectivity index (χ3n) is 3.99. The summed E-state index contributed by atoms with van der Waals surface area (Å²) in [5.74, 6) is 0. The van der Waals surface area contributed by atoms with Gasteiger partial charge < -0.3 is 0 Å². The van der Waals surface area contributed by atoms with Crippen molar-refractivity contribution in [1.29, 1.82) is 0 Å². The number of rotatable bonds is 0. The second kappa shape index (κ2) is 3.86. The van der Waals surface area contributed by atoms with E-state index in [1.165, 1.54) is 57.8 Å². The summed E-state index contributed by atoms with van der Waals surface area (Å²) in [6.07, 6.45) is 15.7. The minimum atomic E-state index is 0.745. The molecule has 0 aromatic carbocycles. The highest BCUT2D eigenvalue weighted by Gasteiger charge is 2.31. The van der Waals surface area contributed by atoms with E-state index < -0.39 is 0 Å². The van der Waals surface area contributed by atoms with Gasteiger partial charge in [0, 0.05) is 0 Å². The zero-order valence-electron chi connectivity index (χ0n) is 8.94. The Labute approximate surface area is 82.4 Å². The van der Waals surface area contributed by atoms with Crippen LogP contribution in [0.4, 0.5) is 0 Å².